The van der Waals surface area contributed by atoms with Crippen LogP contribution in [0.15, 0.2) is 29.4 Å². The molecule has 0 bridgehead atoms. The lowest BCUT2D eigenvalue weighted by molar-refractivity contribution is -0.0591. The maximum Gasteiger partial charge on any atom is 0.242 e. The van der Waals surface area contributed by atoms with Crippen molar-refractivity contribution in [3.63, 3.8) is 0 Å². The number of rotatable bonds is 7. The molecular weight excluding hydrogens is 312 g/mol. The van der Waals surface area contributed by atoms with Crippen molar-refractivity contribution in [3.8, 4) is 0 Å². The molecular formula is C13H20N2O4S2. The Morgan fingerprint density at radius 1 is 1.43 bits per heavy atom. The number of pyridine rings is 1. The summed E-state index contributed by atoms with van der Waals surface area (Å²) in [5, 5.41) is 8.94. The molecule has 0 spiro atoms. The van der Waals surface area contributed by atoms with Crippen LogP contribution in [0.2, 0.25) is 0 Å². The van der Waals surface area contributed by atoms with Crippen LogP contribution in [0.25, 0.3) is 0 Å². The Bertz CT molecular complexity index is 530. The van der Waals surface area contributed by atoms with Gasteiger partial charge in [0.05, 0.1) is 18.8 Å². The number of hydrogen-bond acceptors (Lipinski definition) is 6. The number of nitrogens with one attached hydrogen (secondary N) is 1. The Morgan fingerprint density at radius 2 is 2.19 bits per heavy atom. The van der Waals surface area contributed by atoms with Crippen molar-refractivity contribution < 1.29 is 18.3 Å². The highest BCUT2D eigenvalue weighted by Crippen LogP contribution is 2.30. The molecule has 1 fully saturated rings. The number of aromatic nitrogens is 1. The third kappa shape index (κ3) is 4.65. The first-order valence-corrected chi connectivity index (χ1v) is 9.44. The van der Waals surface area contributed by atoms with Gasteiger partial charge in [0.1, 0.15) is 4.90 Å². The molecule has 2 rings (SSSR count). The maximum atomic E-state index is 12.2. The normalized spacial score (nSPS) is 18.5. The van der Waals surface area contributed by atoms with Gasteiger partial charge in [-0.25, -0.2) is 13.1 Å². The van der Waals surface area contributed by atoms with Crippen molar-refractivity contribution >= 4 is 21.8 Å². The molecule has 1 aliphatic heterocycles. The van der Waals surface area contributed by atoms with E-state index in [-0.39, 0.29) is 24.7 Å². The molecule has 118 valence electrons. The van der Waals surface area contributed by atoms with Crippen molar-refractivity contribution in [2.75, 3.05) is 31.3 Å². The van der Waals surface area contributed by atoms with E-state index < -0.39 is 15.6 Å². The summed E-state index contributed by atoms with van der Waals surface area (Å²) in [4.78, 5) is 3.97. The van der Waals surface area contributed by atoms with E-state index in [0.717, 1.165) is 24.3 Å². The van der Waals surface area contributed by atoms with E-state index in [0.29, 0.717) is 0 Å². The van der Waals surface area contributed by atoms with Crippen LogP contribution in [0.4, 0.5) is 0 Å². The zero-order chi connectivity index (χ0) is 15.2. The number of nitrogens with zero attached hydrogens (tertiary/aromatic N) is 1. The van der Waals surface area contributed by atoms with Crippen molar-refractivity contribution in [1.82, 2.24) is 9.71 Å². The SMILES string of the molecule is O=S(=O)(NCC1(OCCO)CCSCC1)c1cccnc1. The minimum Gasteiger partial charge on any atom is -0.394 e. The first kappa shape index (κ1) is 16.7. The van der Waals surface area contributed by atoms with Crippen molar-refractivity contribution in [2.45, 2.75) is 23.3 Å². The maximum absolute atomic E-state index is 12.2. The minimum absolute atomic E-state index is 0.0652. The molecule has 21 heavy (non-hydrogen) atoms. The molecule has 0 amide bonds. The van der Waals surface area contributed by atoms with E-state index in [2.05, 4.69) is 9.71 Å². The van der Waals surface area contributed by atoms with Gasteiger partial charge in [-0.1, -0.05) is 0 Å². The van der Waals surface area contributed by atoms with E-state index in [1.165, 1.54) is 18.5 Å². The fourth-order valence-corrected chi connectivity index (χ4v) is 4.51. The second kappa shape index (κ2) is 7.55. The molecule has 1 aliphatic rings. The number of aliphatic hydroxyl groups excluding tert-OH is 1. The van der Waals surface area contributed by atoms with E-state index in [9.17, 15) is 8.42 Å². The highest BCUT2D eigenvalue weighted by Gasteiger charge is 2.34. The van der Waals surface area contributed by atoms with Gasteiger partial charge in [-0.15, -0.1) is 0 Å². The van der Waals surface area contributed by atoms with Crippen molar-refractivity contribution in [2.24, 2.45) is 0 Å². The van der Waals surface area contributed by atoms with Gasteiger partial charge < -0.3 is 9.84 Å². The summed E-state index contributed by atoms with van der Waals surface area (Å²) < 4.78 is 32.8. The Balaban J connectivity index is 2.04. The quantitative estimate of drug-likeness (QED) is 0.761. The second-order valence-corrected chi connectivity index (χ2v) is 7.87. The number of aliphatic hydroxyl groups is 1. The third-order valence-electron chi connectivity index (χ3n) is 3.43. The summed E-state index contributed by atoms with van der Waals surface area (Å²) >= 11 is 1.83. The van der Waals surface area contributed by atoms with E-state index in [1.54, 1.807) is 6.07 Å². The summed E-state index contributed by atoms with van der Waals surface area (Å²) in [5.74, 6) is 1.86. The number of sulfonamides is 1. The fourth-order valence-electron chi connectivity index (χ4n) is 2.19. The summed E-state index contributed by atoms with van der Waals surface area (Å²) in [6.45, 7) is 0.369. The molecule has 2 N–H and O–H groups in total. The lowest BCUT2D eigenvalue weighted by Crippen LogP contribution is -2.48. The second-order valence-electron chi connectivity index (χ2n) is 4.88. The molecule has 1 saturated heterocycles. The standard InChI is InChI=1S/C13H20N2O4S2/c16-6-7-19-13(3-8-20-9-4-13)11-15-21(17,18)12-2-1-5-14-10-12/h1-2,5,10,15-16H,3-4,6-9,11H2. The fraction of sp³-hybridized carbons (Fsp3) is 0.615. The van der Waals surface area contributed by atoms with Crippen molar-refractivity contribution in [3.05, 3.63) is 24.5 Å². The minimum atomic E-state index is -3.58. The zero-order valence-electron chi connectivity index (χ0n) is 11.7. The Kier molecular flexibility index (Phi) is 6.00. The Hall–Kier alpha value is -0.670. The first-order chi connectivity index (χ1) is 10.1. The Morgan fingerprint density at radius 3 is 2.81 bits per heavy atom. The van der Waals surface area contributed by atoms with Gasteiger partial charge >= 0.3 is 0 Å². The highest BCUT2D eigenvalue weighted by atomic mass is 32.2. The molecule has 1 aromatic heterocycles. The molecule has 0 radical (unpaired) electrons. The van der Waals surface area contributed by atoms with Crippen LogP contribution >= 0.6 is 11.8 Å². The van der Waals surface area contributed by atoms with Gasteiger partial charge in [-0.3, -0.25) is 4.98 Å². The molecule has 2 heterocycles. The van der Waals surface area contributed by atoms with Crippen LogP contribution in [-0.4, -0.2) is 55.4 Å². The average Bonchev–Trinajstić information content (AvgIpc) is 2.53. The smallest absolute Gasteiger partial charge is 0.242 e. The van der Waals surface area contributed by atoms with Crippen LogP contribution in [0.3, 0.4) is 0 Å². The molecule has 0 aliphatic carbocycles. The van der Waals surface area contributed by atoms with Gasteiger partial charge in [0.2, 0.25) is 10.0 Å². The summed E-state index contributed by atoms with van der Waals surface area (Å²) in [5.41, 5.74) is -0.525. The predicted octanol–water partition coefficient (Wildman–Crippen LogP) is 0.635. The monoisotopic (exact) mass is 332 g/mol. The van der Waals surface area contributed by atoms with Crippen LogP contribution in [0.1, 0.15) is 12.8 Å². The third-order valence-corrected chi connectivity index (χ3v) is 5.80. The van der Waals surface area contributed by atoms with Crippen LogP contribution in [-0.2, 0) is 14.8 Å². The summed E-state index contributed by atoms with van der Waals surface area (Å²) in [6.07, 6.45) is 4.39. The number of hydrogen-bond donors (Lipinski definition) is 2. The van der Waals surface area contributed by atoms with E-state index >= 15 is 0 Å². The van der Waals surface area contributed by atoms with Gasteiger partial charge in [-0.2, -0.15) is 11.8 Å². The van der Waals surface area contributed by atoms with Crippen molar-refractivity contribution in [1.29, 1.82) is 0 Å². The van der Waals surface area contributed by atoms with Gasteiger partial charge in [0.25, 0.3) is 0 Å². The molecule has 0 unspecified atom stereocenters. The number of ether oxygens (including phenoxy) is 1. The molecule has 0 aromatic carbocycles. The van der Waals surface area contributed by atoms with E-state index in [1.807, 2.05) is 11.8 Å². The summed E-state index contributed by atoms with van der Waals surface area (Å²) in [7, 11) is -3.58. The average molecular weight is 332 g/mol. The summed E-state index contributed by atoms with van der Waals surface area (Å²) in [6, 6.07) is 3.09. The van der Waals surface area contributed by atoms with Gasteiger partial charge in [0, 0.05) is 18.9 Å². The first-order valence-electron chi connectivity index (χ1n) is 6.80. The largest absolute Gasteiger partial charge is 0.394 e. The highest BCUT2D eigenvalue weighted by molar-refractivity contribution is 7.99. The van der Waals surface area contributed by atoms with Crippen LogP contribution in [0, 0.1) is 0 Å². The number of thioether (sulfide) groups is 1. The van der Waals surface area contributed by atoms with Crippen LogP contribution in [0.5, 0.6) is 0 Å². The predicted molar refractivity (Wildman–Crippen MR) is 81.8 cm³/mol. The molecule has 8 heteroatoms. The molecule has 1 aromatic rings. The molecule has 0 atom stereocenters. The topological polar surface area (TPSA) is 88.5 Å². The Labute approximate surface area is 129 Å². The molecule has 0 saturated carbocycles. The van der Waals surface area contributed by atoms with E-state index in [4.69, 9.17) is 9.84 Å². The van der Waals surface area contributed by atoms with Gasteiger partial charge in [-0.05, 0) is 36.5 Å². The lowest BCUT2D eigenvalue weighted by Gasteiger charge is -2.37. The van der Waals surface area contributed by atoms with Gasteiger partial charge in [0.15, 0.2) is 0 Å². The zero-order valence-corrected chi connectivity index (χ0v) is 13.3. The van der Waals surface area contributed by atoms with Crippen LogP contribution < -0.4 is 4.72 Å². The lowest BCUT2D eigenvalue weighted by atomic mass is 9.97. The molecule has 6 nitrogen and oxygen atoms in total.